The summed E-state index contributed by atoms with van der Waals surface area (Å²) < 4.78 is 33.1. The zero-order chi connectivity index (χ0) is 23.6. The number of nitrogens with one attached hydrogen (secondary N) is 1. The fourth-order valence-electron chi connectivity index (χ4n) is 3.81. The lowest BCUT2D eigenvalue weighted by Gasteiger charge is -2.27. The maximum Gasteiger partial charge on any atom is 0.244 e. The molecule has 1 saturated heterocycles. The first-order valence-corrected chi connectivity index (χ1v) is 13.2. The molecule has 1 atom stereocenters. The Morgan fingerprint density at radius 2 is 1.91 bits per heavy atom. The summed E-state index contributed by atoms with van der Waals surface area (Å²) in [6.45, 7) is 4.77. The maximum atomic E-state index is 13.2. The van der Waals surface area contributed by atoms with Gasteiger partial charge in [0, 0.05) is 35.3 Å². The molecule has 176 valence electrons. The second kappa shape index (κ2) is 9.84. The third-order valence-electron chi connectivity index (χ3n) is 5.73. The second-order valence-corrected chi connectivity index (χ2v) is 11.1. The number of aryl methyl sites for hydroxylation is 1. The minimum atomic E-state index is -3.74. The van der Waals surface area contributed by atoms with Gasteiger partial charge in [-0.3, -0.25) is 9.59 Å². The number of morpholine rings is 1. The van der Waals surface area contributed by atoms with E-state index in [2.05, 4.69) is 5.32 Å². The van der Waals surface area contributed by atoms with Crippen LogP contribution in [0.25, 0.3) is 0 Å². The number of anilines is 2. The lowest BCUT2D eigenvalue weighted by atomic mass is 10.1. The van der Waals surface area contributed by atoms with Crippen molar-refractivity contribution in [2.75, 3.05) is 48.8 Å². The van der Waals surface area contributed by atoms with Gasteiger partial charge in [-0.15, -0.1) is 11.8 Å². The third kappa shape index (κ3) is 5.08. The first kappa shape index (κ1) is 23.7. The molecule has 2 aliphatic heterocycles. The van der Waals surface area contributed by atoms with E-state index in [1.54, 1.807) is 18.2 Å². The molecule has 1 unspecified atom stereocenters. The van der Waals surface area contributed by atoms with E-state index < -0.39 is 10.0 Å². The van der Waals surface area contributed by atoms with E-state index in [0.717, 1.165) is 10.5 Å². The molecule has 1 N–H and O–H groups in total. The quantitative estimate of drug-likeness (QED) is 0.694. The van der Waals surface area contributed by atoms with Crippen molar-refractivity contribution in [3.05, 3.63) is 48.0 Å². The first-order chi connectivity index (χ1) is 15.8. The van der Waals surface area contributed by atoms with E-state index in [1.165, 1.54) is 27.0 Å². The fourth-order valence-corrected chi connectivity index (χ4v) is 6.29. The van der Waals surface area contributed by atoms with Crippen LogP contribution >= 0.6 is 11.8 Å². The number of para-hydroxylation sites is 1. The number of carbonyl (C=O) groups excluding carboxylic acids is 2. The van der Waals surface area contributed by atoms with Crippen LogP contribution in [0.5, 0.6) is 0 Å². The third-order valence-corrected chi connectivity index (χ3v) is 8.94. The summed E-state index contributed by atoms with van der Waals surface area (Å²) in [7, 11) is -3.74. The predicted molar refractivity (Wildman–Crippen MR) is 128 cm³/mol. The van der Waals surface area contributed by atoms with E-state index in [9.17, 15) is 18.0 Å². The number of nitrogens with zero attached hydrogens (tertiary/aromatic N) is 2. The van der Waals surface area contributed by atoms with E-state index in [-0.39, 0.29) is 42.3 Å². The molecule has 2 aliphatic rings. The monoisotopic (exact) mass is 489 g/mol. The number of ether oxygens (including phenoxy) is 1. The number of hydrogen-bond donors (Lipinski definition) is 1. The number of fused-ring (bicyclic) bond motifs is 1. The van der Waals surface area contributed by atoms with E-state index in [0.29, 0.717) is 30.3 Å². The van der Waals surface area contributed by atoms with Gasteiger partial charge in [0.2, 0.25) is 21.8 Å². The van der Waals surface area contributed by atoms with E-state index in [4.69, 9.17) is 4.74 Å². The van der Waals surface area contributed by atoms with Gasteiger partial charge in [0.05, 0.1) is 23.8 Å². The molecule has 0 bridgehead atoms. The lowest BCUT2D eigenvalue weighted by molar-refractivity contribution is -0.123. The first-order valence-electron chi connectivity index (χ1n) is 10.8. The Labute approximate surface area is 198 Å². The molecule has 2 heterocycles. The van der Waals surface area contributed by atoms with Crippen molar-refractivity contribution in [1.82, 2.24) is 4.31 Å². The van der Waals surface area contributed by atoms with Gasteiger partial charge in [-0.1, -0.05) is 25.1 Å². The molecule has 1 fully saturated rings. The Kier molecular flexibility index (Phi) is 7.08. The Bertz CT molecular complexity index is 1160. The van der Waals surface area contributed by atoms with Crippen LogP contribution in [-0.2, 0) is 24.3 Å². The molecule has 2 aromatic rings. The number of rotatable bonds is 5. The van der Waals surface area contributed by atoms with Crippen LogP contribution in [-0.4, -0.2) is 63.1 Å². The predicted octanol–water partition coefficient (Wildman–Crippen LogP) is 2.73. The largest absolute Gasteiger partial charge is 0.379 e. The zero-order valence-corrected chi connectivity index (χ0v) is 20.2. The highest BCUT2D eigenvalue weighted by atomic mass is 32.2. The SMILES string of the molecule is Cc1ccccc1NC(=O)CN1C(=O)C(C)CSc2ccc(S(=O)(=O)N3CCOCC3)cc21. The van der Waals surface area contributed by atoms with Crippen molar-refractivity contribution in [2.45, 2.75) is 23.6 Å². The van der Waals surface area contributed by atoms with Crippen LogP contribution in [0.4, 0.5) is 11.4 Å². The Morgan fingerprint density at radius 3 is 2.64 bits per heavy atom. The van der Waals surface area contributed by atoms with Crippen molar-refractivity contribution in [3.8, 4) is 0 Å². The van der Waals surface area contributed by atoms with Crippen LogP contribution in [0.15, 0.2) is 52.3 Å². The van der Waals surface area contributed by atoms with Crippen LogP contribution in [0.1, 0.15) is 12.5 Å². The summed E-state index contributed by atoms with van der Waals surface area (Å²) in [6, 6.07) is 12.2. The highest BCUT2D eigenvalue weighted by molar-refractivity contribution is 7.99. The molecule has 2 amide bonds. The number of amides is 2. The zero-order valence-electron chi connectivity index (χ0n) is 18.6. The molecule has 0 saturated carbocycles. The number of benzene rings is 2. The Hall–Kier alpha value is -2.40. The molecule has 4 rings (SSSR count). The van der Waals surface area contributed by atoms with E-state index in [1.807, 2.05) is 32.0 Å². The molecule has 10 heteroatoms. The van der Waals surface area contributed by atoms with Gasteiger partial charge in [0.1, 0.15) is 6.54 Å². The number of thioether (sulfide) groups is 1. The normalized spacial score (nSPS) is 19.6. The molecule has 0 spiro atoms. The molecule has 8 nitrogen and oxygen atoms in total. The summed E-state index contributed by atoms with van der Waals surface area (Å²) in [4.78, 5) is 28.4. The summed E-state index contributed by atoms with van der Waals surface area (Å²) >= 11 is 1.49. The Morgan fingerprint density at radius 1 is 1.18 bits per heavy atom. The lowest BCUT2D eigenvalue weighted by Crippen LogP contribution is -2.42. The molecular weight excluding hydrogens is 462 g/mol. The highest BCUT2D eigenvalue weighted by Gasteiger charge is 2.32. The van der Waals surface area contributed by atoms with Gasteiger partial charge >= 0.3 is 0 Å². The average Bonchev–Trinajstić information content (AvgIpc) is 2.93. The average molecular weight is 490 g/mol. The summed E-state index contributed by atoms with van der Waals surface area (Å²) in [6.07, 6.45) is 0. The minimum Gasteiger partial charge on any atom is -0.379 e. The summed E-state index contributed by atoms with van der Waals surface area (Å²) in [5.41, 5.74) is 2.04. The topological polar surface area (TPSA) is 96.0 Å². The van der Waals surface area contributed by atoms with Gasteiger partial charge in [-0.2, -0.15) is 4.31 Å². The number of hydrogen-bond acceptors (Lipinski definition) is 6. The Balaban J connectivity index is 1.66. The van der Waals surface area contributed by atoms with Gasteiger partial charge < -0.3 is 15.0 Å². The van der Waals surface area contributed by atoms with Gasteiger partial charge in [-0.05, 0) is 36.8 Å². The van der Waals surface area contributed by atoms with Gasteiger partial charge in [0.15, 0.2) is 0 Å². The van der Waals surface area contributed by atoms with Crippen molar-refractivity contribution < 1.29 is 22.7 Å². The summed E-state index contributed by atoms with van der Waals surface area (Å²) in [5, 5.41) is 2.86. The fraction of sp³-hybridized carbons (Fsp3) is 0.391. The van der Waals surface area contributed by atoms with Crippen LogP contribution in [0.3, 0.4) is 0 Å². The number of carbonyl (C=O) groups is 2. The van der Waals surface area contributed by atoms with Crippen molar-refractivity contribution >= 4 is 45.0 Å². The highest BCUT2D eigenvalue weighted by Crippen LogP contribution is 2.38. The second-order valence-electron chi connectivity index (χ2n) is 8.15. The van der Waals surface area contributed by atoms with Gasteiger partial charge in [-0.25, -0.2) is 8.42 Å². The minimum absolute atomic E-state index is 0.107. The summed E-state index contributed by atoms with van der Waals surface area (Å²) in [5.74, 6) is -0.309. The molecular formula is C23H27N3O5S2. The van der Waals surface area contributed by atoms with Crippen LogP contribution in [0, 0.1) is 12.8 Å². The molecule has 0 radical (unpaired) electrons. The van der Waals surface area contributed by atoms with E-state index >= 15 is 0 Å². The van der Waals surface area contributed by atoms with Gasteiger partial charge in [0.25, 0.3) is 0 Å². The van der Waals surface area contributed by atoms with Crippen molar-refractivity contribution in [2.24, 2.45) is 5.92 Å². The number of sulfonamides is 1. The van der Waals surface area contributed by atoms with Crippen molar-refractivity contribution in [3.63, 3.8) is 0 Å². The van der Waals surface area contributed by atoms with Crippen molar-refractivity contribution in [1.29, 1.82) is 0 Å². The smallest absolute Gasteiger partial charge is 0.244 e. The standard InChI is InChI=1S/C23H27N3O5S2/c1-16-5-3-4-6-19(16)24-22(27)14-26-20-13-18(33(29,30)25-9-11-31-12-10-25)7-8-21(20)32-15-17(2)23(26)28/h3-8,13,17H,9-12,14-15H2,1-2H3,(H,24,27). The molecule has 0 aliphatic carbocycles. The van der Waals surface area contributed by atoms with Crippen LogP contribution in [0.2, 0.25) is 0 Å². The molecule has 2 aromatic carbocycles. The molecule has 33 heavy (non-hydrogen) atoms. The maximum absolute atomic E-state index is 13.2. The molecule has 0 aromatic heterocycles. The van der Waals surface area contributed by atoms with Crippen LogP contribution < -0.4 is 10.2 Å².